The summed E-state index contributed by atoms with van der Waals surface area (Å²) in [5, 5.41) is 0. The van der Waals surface area contributed by atoms with Crippen LogP contribution in [0.5, 0.6) is 0 Å². The summed E-state index contributed by atoms with van der Waals surface area (Å²) in [4.78, 5) is 5.04. The monoisotopic (exact) mass is 232 g/mol. The largest absolute Gasteiger partial charge is 0.305 e. The van der Waals surface area contributed by atoms with Crippen LogP contribution in [0.4, 0.5) is 0 Å². The molecule has 0 N–H and O–H groups in total. The Balaban J connectivity index is 1.86. The molecule has 0 saturated carbocycles. The Kier molecular flexibility index (Phi) is 4.57. The lowest BCUT2D eigenvalue weighted by Gasteiger charge is -2.22. The van der Waals surface area contributed by atoms with E-state index in [0.717, 1.165) is 0 Å². The van der Waals surface area contributed by atoms with Gasteiger partial charge >= 0.3 is 0 Å². The third-order valence-corrected chi connectivity index (χ3v) is 3.60. The van der Waals surface area contributed by atoms with Crippen LogP contribution in [-0.4, -0.2) is 49.6 Å². The average Bonchev–Trinajstić information content (AvgIpc) is 2.62. The molecule has 0 aromatic rings. The number of hydrogen-bond acceptors (Lipinski definition) is 2. The molecule has 2 heteroatoms. The molecule has 1 unspecified atom stereocenters. The molecule has 0 bridgehead atoms. The van der Waals surface area contributed by atoms with Crippen LogP contribution in [0.3, 0.4) is 0 Å². The molecule has 1 aliphatic heterocycles. The number of rotatable bonds is 2. The molecule has 0 radical (unpaired) electrons. The summed E-state index contributed by atoms with van der Waals surface area (Å²) in [5.41, 5.74) is 1.35. The molecular weight excluding hydrogens is 208 g/mol. The minimum Gasteiger partial charge on any atom is -0.305 e. The molecule has 1 heterocycles. The van der Waals surface area contributed by atoms with E-state index in [0.29, 0.717) is 5.92 Å². The van der Waals surface area contributed by atoms with Gasteiger partial charge in [0.25, 0.3) is 0 Å². The molecule has 1 saturated heterocycles. The fourth-order valence-corrected chi connectivity index (χ4v) is 2.45. The third kappa shape index (κ3) is 4.14. The molecule has 0 amide bonds. The number of nitrogens with zero attached hydrogens (tertiary/aromatic N) is 2. The lowest BCUT2D eigenvalue weighted by molar-refractivity contribution is 0.265. The molecule has 1 atom stereocenters. The first-order valence-corrected chi connectivity index (χ1v) is 6.68. The van der Waals surface area contributed by atoms with Crippen molar-refractivity contribution in [1.29, 1.82) is 0 Å². The minimum atomic E-state index is 0.576. The van der Waals surface area contributed by atoms with E-state index < -0.39 is 0 Å². The van der Waals surface area contributed by atoms with Crippen molar-refractivity contribution < 1.29 is 0 Å². The first-order valence-electron chi connectivity index (χ1n) is 6.68. The molecular formula is C15H24N2. The Hall–Kier alpha value is -0.860. The van der Waals surface area contributed by atoms with Gasteiger partial charge in [-0.3, -0.25) is 0 Å². The molecule has 94 valence electrons. The second-order valence-electron chi connectivity index (χ2n) is 5.28. The van der Waals surface area contributed by atoms with Crippen LogP contribution in [0.1, 0.15) is 13.3 Å². The maximum atomic E-state index is 2.60. The highest BCUT2D eigenvalue weighted by atomic mass is 15.2. The van der Waals surface area contributed by atoms with E-state index in [4.69, 9.17) is 0 Å². The number of likely N-dealkylation sites (N-methyl/N-ethyl adjacent to an activating group) is 1. The maximum Gasteiger partial charge on any atom is 0.0110 e. The predicted octanol–water partition coefficient (Wildman–Crippen LogP) is 2.31. The topological polar surface area (TPSA) is 6.48 Å². The van der Waals surface area contributed by atoms with Gasteiger partial charge in [0.05, 0.1) is 0 Å². The van der Waals surface area contributed by atoms with Crippen LogP contribution in [0.2, 0.25) is 0 Å². The Labute approximate surface area is 105 Å². The molecule has 0 spiro atoms. The van der Waals surface area contributed by atoms with Crippen molar-refractivity contribution >= 4 is 0 Å². The Morgan fingerprint density at radius 2 is 2.06 bits per heavy atom. The average molecular weight is 232 g/mol. The van der Waals surface area contributed by atoms with Crippen molar-refractivity contribution in [2.75, 3.05) is 39.8 Å². The van der Waals surface area contributed by atoms with Crippen LogP contribution in [0, 0.1) is 5.92 Å². The van der Waals surface area contributed by atoms with Gasteiger partial charge in [-0.1, -0.05) is 36.0 Å². The first-order chi connectivity index (χ1) is 8.24. The summed E-state index contributed by atoms with van der Waals surface area (Å²) in [6.45, 7) is 8.23. The van der Waals surface area contributed by atoms with Crippen molar-refractivity contribution in [1.82, 2.24) is 9.80 Å². The molecule has 1 aliphatic carbocycles. The normalized spacial score (nSPS) is 27.6. The second kappa shape index (κ2) is 6.18. The standard InChI is InChI=1S/C15H24N2/c1-14-5-3-6-15(8-7-14)13-17-10-4-9-16(2)11-12-17/h3,5-8,15H,4,9-13H2,1-2H3. The van der Waals surface area contributed by atoms with Crippen molar-refractivity contribution in [3.63, 3.8) is 0 Å². The molecule has 2 nitrogen and oxygen atoms in total. The Morgan fingerprint density at radius 1 is 1.18 bits per heavy atom. The van der Waals surface area contributed by atoms with E-state index in [9.17, 15) is 0 Å². The van der Waals surface area contributed by atoms with Gasteiger partial charge in [-0.05, 0) is 33.5 Å². The van der Waals surface area contributed by atoms with E-state index in [2.05, 4.69) is 54.2 Å². The predicted molar refractivity (Wildman–Crippen MR) is 74.1 cm³/mol. The molecule has 2 rings (SSSR count). The van der Waals surface area contributed by atoms with Crippen LogP contribution < -0.4 is 0 Å². The lowest BCUT2D eigenvalue weighted by Crippen LogP contribution is -2.32. The van der Waals surface area contributed by atoms with Gasteiger partial charge in [0, 0.05) is 25.6 Å². The van der Waals surface area contributed by atoms with Crippen molar-refractivity contribution in [2.24, 2.45) is 5.92 Å². The zero-order chi connectivity index (χ0) is 12.1. The molecule has 17 heavy (non-hydrogen) atoms. The summed E-state index contributed by atoms with van der Waals surface area (Å²) >= 11 is 0. The van der Waals surface area contributed by atoms with E-state index in [1.165, 1.54) is 44.7 Å². The quantitative estimate of drug-likeness (QED) is 0.721. The summed E-state index contributed by atoms with van der Waals surface area (Å²) in [6.07, 6.45) is 12.6. The molecule has 2 aliphatic rings. The van der Waals surface area contributed by atoms with Gasteiger partial charge in [-0.2, -0.15) is 0 Å². The Morgan fingerprint density at radius 3 is 2.94 bits per heavy atom. The highest BCUT2D eigenvalue weighted by molar-refractivity contribution is 5.27. The van der Waals surface area contributed by atoms with Crippen LogP contribution in [0.15, 0.2) is 36.0 Å². The fourth-order valence-electron chi connectivity index (χ4n) is 2.45. The van der Waals surface area contributed by atoms with Crippen molar-refractivity contribution in [3.8, 4) is 0 Å². The third-order valence-electron chi connectivity index (χ3n) is 3.60. The second-order valence-corrected chi connectivity index (χ2v) is 5.28. The smallest absolute Gasteiger partial charge is 0.0110 e. The van der Waals surface area contributed by atoms with Crippen LogP contribution in [0.25, 0.3) is 0 Å². The van der Waals surface area contributed by atoms with Crippen LogP contribution >= 0.6 is 0 Å². The van der Waals surface area contributed by atoms with Crippen molar-refractivity contribution in [2.45, 2.75) is 13.3 Å². The molecule has 0 aromatic carbocycles. The summed E-state index contributed by atoms with van der Waals surface area (Å²) in [5.74, 6) is 0.576. The molecule has 1 fully saturated rings. The SMILES string of the molecule is CC1=CC=CC(CN2CCCN(C)CC2)C=C1. The first kappa shape index (κ1) is 12.6. The zero-order valence-electron chi connectivity index (χ0n) is 11.1. The van der Waals surface area contributed by atoms with Crippen molar-refractivity contribution in [3.05, 3.63) is 36.0 Å². The number of hydrogen-bond donors (Lipinski definition) is 0. The van der Waals surface area contributed by atoms with Gasteiger partial charge in [0.15, 0.2) is 0 Å². The van der Waals surface area contributed by atoms with E-state index >= 15 is 0 Å². The number of allylic oxidation sites excluding steroid dienone is 4. The Bertz CT molecular complexity index is 328. The summed E-state index contributed by atoms with van der Waals surface area (Å²) in [7, 11) is 2.22. The van der Waals surface area contributed by atoms with Gasteiger partial charge in [0.1, 0.15) is 0 Å². The van der Waals surface area contributed by atoms with Gasteiger partial charge < -0.3 is 9.80 Å². The molecule has 0 aromatic heterocycles. The van der Waals surface area contributed by atoms with E-state index in [1.54, 1.807) is 0 Å². The fraction of sp³-hybridized carbons (Fsp3) is 0.600. The lowest BCUT2D eigenvalue weighted by atomic mass is 10.1. The highest BCUT2D eigenvalue weighted by Crippen LogP contribution is 2.13. The summed E-state index contributed by atoms with van der Waals surface area (Å²) in [6, 6.07) is 0. The minimum absolute atomic E-state index is 0.576. The van der Waals surface area contributed by atoms with Gasteiger partial charge in [-0.15, -0.1) is 0 Å². The highest BCUT2D eigenvalue weighted by Gasteiger charge is 2.14. The van der Waals surface area contributed by atoms with E-state index in [-0.39, 0.29) is 0 Å². The van der Waals surface area contributed by atoms with Gasteiger partial charge in [-0.25, -0.2) is 0 Å². The maximum absolute atomic E-state index is 2.60. The van der Waals surface area contributed by atoms with Crippen LogP contribution in [-0.2, 0) is 0 Å². The van der Waals surface area contributed by atoms with E-state index in [1.807, 2.05) is 0 Å². The summed E-state index contributed by atoms with van der Waals surface area (Å²) < 4.78 is 0. The zero-order valence-corrected chi connectivity index (χ0v) is 11.1. The van der Waals surface area contributed by atoms with Gasteiger partial charge in [0.2, 0.25) is 0 Å².